The lowest BCUT2D eigenvalue weighted by Crippen LogP contribution is -2.40. The van der Waals surface area contributed by atoms with E-state index in [-0.39, 0.29) is 16.2 Å². The van der Waals surface area contributed by atoms with Gasteiger partial charge in [0.25, 0.3) is 10.0 Å². The van der Waals surface area contributed by atoms with E-state index in [1.165, 1.54) is 36.4 Å². The maximum absolute atomic E-state index is 14.0. The minimum Gasteiger partial charge on any atom is -0.391 e. The van der Waals surface area contributed by atoms with E-state index in [0.29, 0.717) is 31.7 Å². The number of morpholine rings is 1. The van der Waals surface area contributed by atoms with Crippen LogP contribution in [0.15, 0.2) is 83.9 Å². The molecule has 0 radical (unpaired) electrons. The zero-order valence-electron chi connectivity index (χ0n) is 18.7. The molecule has 0 spiro atoms. The molecule has 2 N–H and O–H groups in total. The Bertz CT molecular complexity index is 1140. The van der Waals surface area contributed by atoms with Gasteiger partial charge in [-0.3, -0.25) is 9.62 Å². The van der Waals surface area contributed by atoms with Crippen LogP contribution < -0.4 is 4.72 Å². The highest BCUT2D eigenvalue weighted by Crippen LogP contribution is 2.25. The third-order valence-electron chi connectivity index (χ3n) is 5.27. The molecule has 182 valence electrons. The Labute approximate surface area is 198 Å². The molecule has 9 heteroatoms. The number of rotatable bonds is 10. The molecule has 1 heterocycles. The van der Waals surface area contributed by atoms with Crippen molar-refractivity contribution >= 4 is 10.0 Å². The van der Waals surface area contributed by atoms with Crippen molar-refractivity contribution in [2.45, 2.75) is 17.4 Å². The summed E-state index contributed by atoms with van der Waals surface area (Å²) < 4.78 is 60.3. The molecule has 3 rings (SSSR count). The maximum Gasteiger partial charge on any atom is 0.261 e. The summed E-state index contributed by atoms with van der Waals surface area (Å²) in [6.45, 7) is 7.11. The van der Waals surface area contributed by atoms with Crippen LogP contribution in [0.2, 0.25) is 0 Å². The van der Waals surface area contributed by atoms with Crippen molar-refractivity contribution in [2.75, 3.05) is 32.8 Å². The first-order valence-electron chi connectivity index (χ1n) is 10.8. The third kappa shape index (κ3) is 7.33. The first-order valence-corrected chi connectivity index (χ1v) is 12.3. The Hall–Kier alpha value is -2.85. The zero-order valence-corrected chi connectivity index (χ0v) is 19.5. The summed E-state index contributed by atoms with van der Waals surface area (Å²) in [5.41, 5.74) is 0.855. The molecule has 0 aliphatic carbocycles. The first kappa shape index (κ1) is 25.8. The van der Waals surface area contributed by atoms with Gasteiger partial charge in [-0.1, -0.05) is 30.9 Å². The van der Waals surface area contributed by atoms with Crippen LogP contribution in [-0.4, -0.2) is 57.4 Å². The van der Waals surface area contributed by atoms with Gasteiger partial charge in [-0.2, -0.15) is 0 Å². The van der Waals surface area contributed by atoms with Crippen LogP contribution in [0.4, 0.5) is 8.78 Å². The molecule has 1 atom stereocenters. The van der Waals surface area contributed by atoms with Crippen LogP contribution in [0.25, 0.3) is 11.1 Å². The van der Waals surface area contributed by atoms with Gasteiger partial charge in [0.05, 0.1) is 24.2 Å². The fraction of sp³-hybridized carbons (Fsp3) is 0.280. The molecule has 2 aromatic carbocycles. The van der Waals surface area contributed by atoms with E-state index in [1.54, 1.807) is 18.2 Å². The van der Waals surface area contributed by atoms with Gasteiger partial charge in [0.1, 0.15) is 11.6 Å². The van der Waals surface area contributed by atoms with E-state index >= 15 is 0 Å². The predicted molar refractivity (Wildman–Crippen MR) is 127 cm³/mol. The molecule has 0 saturated carbocycles. The number of nitrogens with one attached hydrogen (secondary N) is 1. The van der Waals surface area contributed by atoms with Crippen LogP contribution in [0, 0.1) is 11.6 Å². The van der Waals surface area contributed by atoms with E-state index in [2.05, 4.69) is 16.2 Å². The summed E-state index contributed by atoms with van der Waals surface area (Å²) in [7, 11) is -3.91. The Balaban J connectivity index is 1.60. The SMILES string of the molecule is C=CC(=CC=CCC(O)CN1CCOCC1)NS(=O)(=O)c1ccc(-c2ccc(F)cc2F)cc1. The topological polar surface area (TPSA) is 78.9 Å². The van der Waals surface area contributed by atoms with Gasteiger partial charge < -0.3 is 9.84 Å². The Morgan fingerprint density at radius 2 is 1.88 bits per heavy atom. The number of halogens is 2. The summed E-state index contributed by atoms with van der Waals surface area (Å²) in [4.78, 5) is 2.12. The number of benzene rings is 2. The second-order valence-corrected chi connectivity index (χ2v) is 9.49. The average molecular weight is 491 g/mol. The van der Waals surface area contributed by atoms with Gasteiger partial charge in [-0.15, -0.1) is 0 Å². The predicted octanol–water partition coefficient (Wildman–Crippen LogP) is 3.62. The van der Waals surface area contributed by atoms with E-state index < -0.39 is 27.8 Å². The summed E-state index contributed by atoms with van der Waals surface area (Å²) in [6, 6.07) is 8.82. The molecular formula is C25H28F2N2O4S. The van der Waals surface area contributed by atoms with E-state index in [0.717, 1.165) is 25.2 Å². The first-order chi connectivity index (χ1) is 16.3. The highest BCUT2D eigenvalue weighted by Gasteiger charge is 2.16. The second-order valence-electron chi connectivity index (χ2n) is 7.81. The number of nitrogens with zero attached hydrogens (tertiary/aromatic N) is 1. The number of hydrogen-bond donors (Lipinski definition) is 2. The Kier molecular flexibility index (Phi) is 9.12. The minimum atomic E-state index is -3.91. The number of allylic oxidation sites excluding steroid dienone is 3. The van der Waals surface area contributed by atoms with Crippen molar-refractivity contribution in [2.24, 2.45) is 0 Å². The number of aliphatic hydroxyl groups excluding tert-OH is 1. The van der Waals surface area contributed by atoms with Crippen LogP contribution in [0.5, 0.6) is 0 Å². The monoisotopic (exact) mass is 490 g/mol. The van der Waals surface area contributed by atoms with Gasteiger partial charge in [-0.05, 0) is 48.4 Å². The fourth-order valence-electron chi connectivity index (χ4n) is 3.46. The molecule has 1 fully saturated rings. The number of ether oxygens (including phenoxy) is 1. The standard InChI is InChI=1S/C25H28F2N2O4S/c1-2-21(5-3-4-6-22(30)18-29-13-15-33-16-14-29)28-34(31,32)23-10-7-19(8-11-23)24-12-9-20(26)17-25(24)27/h2-5,7-12,17,22,28,30H,1,6,13-16,18H2. The highest BCUT2D eigenvalue weighted by atomic mass is 32.2. The lowest BCUT2D eigenvalue weighted by Gasteiger charge is -2.28. The van der Waals surface area contributed by atoms with Crippen LogP contribution in [0.1, 0.15) is 6.42 Å². The van der Waals surface area contributed by atoms with Gasteiger partial charge in [0.2, 0.25) is 0 Å². The normalized spacial score (nSPS) is 16.5. The van der Waals surface area contributed by atoms with Gasteiger partial charge >= 0.3 is 0 Å². The zero-order chi connectivity index (χ0) is 24.6. The summed E-state index contributed by atoms with van der Waals surface area (Å²) in [5, 5.41) is 10.2. The van der Waals surface area contributed by atoms with Crippen LogP contribution >= 0.6 is 0 Å². The molecule has 2 aromatic rings. The quantitative estimate of drug-likeness (QED) is 0.498. The molecule has 0 amide bonds. The average Bonchev–Trinajstić information content (AvgIpc) is 2.82. The van der Waals surface area contributed by atoms with E-state index in [1.807, 2.05) is 0 Å². The van der Waals surface area contributed by atoms with Crippen molar-refractivity contribution in [1.29, 1.82) is 0 Å². The summed E-state index contributed by atoms with van der Waals surface area (Å²) in [6.07, 6.45) is 6.22. The summed E-state index contributed by atoms with van der Waals surface area (Å²) >= 11 is 0. The van der Waals surface area contributed by atoms with E-state index in [4.69, 9.17) is 4.74 Å². The number of aliphatic hydroxyl groups is 1. The van der Waals surface area contributed by atoms with Crippen molar-refractivity contribution in [3.05, 3.63) is 90.7 Å². The number of sulfonamides is 1. The van der Waals surface area contributed by atoms with Crippen molar-refractivity contribution in [3.8, 4) is 11.1 Å². The maximum atomic E-state index is 14.0. The number of hydrogen-bond acceptors (Lipinski definition) is 5. The Morgan fingerprint density at radius 1 is 1.18 bits per heavy atom. The lowest BCUT2D eigenvalue weighted by atomic mass is 10.1. The largest absolute Gasteiger partial charge is 0.391 e. The smallest absolute Gasteiger partial charge is 0.261 e. The van der Waals surface area contributed by atoms with Crippen molar-refractivity contribution < 1.29 is 27.0 Å². The molecule has 1 aliphatic heterocycles. The molecule has 34 heavy (non-hydrogen) atoms. The van der Waals surface area contributed by atoms with Crippen molar-refractivity contribution in [1.82, 2.24) is 9.62 Å². The molecule has 1 aliphatic rings. The molecule has 1 saturated heterocycles. The molecule has 1 unspecified atom stereocenters. The minimum absolute atomic E-state index is 0.0172. The molecule has 0 bridgehead atoms. The number of β-amino-alcohol motifs (C(OH)–C–C–N with tert-alkyl or cyclic N) is 1. The third-order valence-corrected chi connectivity index (χ3v) is 6.67. The second kappa shape index (κ2) is 12.0. The van der Waals surface area contributed by atoms with E-state index in [9.17, 15) is 22.3 Å². The van der Waals surface area contributed by atoms with Crippen LogP contribution in [-0.2, 0) is 14.8 Å². The Morgan fingerprint density at radius 3 is 2.53 bits per heavy atom. The molecule has 0 aromatic heterocycles. The van der Waals surface area contributed by atoms with Crippen LogP contribution in [0.3, 0.4) is 0 Å². The molecular weight excluding hydrogens is 462 g/mol. The lowest BCUT2D eigenvalue weighted by molar-refractivity contribution is 0.0153. The summed E-state index contributed by atoms with van der Waals surface area (Å²) in [5.74, 6) is -1.42. The van der Waals surface area contributed by atoms with Crippen molar-refractivity contribution in [3.63, 3.8) is 0 Å². The fourth-order valence-corrected chi connectivity index (χ4v) is 4.53. The molecule has 6 nitrogen and oxygen atoms in total. The highest BCUT2D eigenvalue weighted by molar-refractivity contribution is 7.89. The van der Waals surface area contributed by atoms with Gasteiger partial charge in [-0.25, -0.2) is 17.2 Å². The van der Waals surface area contributed by atoms with Gasteiger partial charge in [0.15, 0.2) is 0 Å². The van der Waals surface area contributed by atoms with Gasteiger partial charge in [0, 0.05) is 37.0 Å².